The summed E-state index contributed by atoms with van der Waals surface area (Å²) in [4.78, 5) is 15.2. The number of hydrogen-bond acceptors (Lipinski definition) is 4. The molecule has 5 heteroatoms. The Morgan fingerprint density at radius 2 is 1.90 bits per heavy atom. The highest BCUT2D eigenvalue weighted by atomic mass is 32.1. The van der Waals surface area contributed by atoms with Crippen molar-refractivity contribution in [3.63, 3.8) is 0 Å². The van der Waals surface area contributed by atoms with Crippen molar-refractivity contribution in [1.29, 1.82) is 0 Å². The number of benzene rings is 2. The van der Waals surface area contributed by atoms with Crippen LogP contribution < -0.4 is 4.74 Å². The first-order chi connectivity index (χ1) is 9.72. The molecule has 20 heavy (non-hydrogen) atoms. The number of rotatable bonds is 4. The van der Waals surface area contributed by atoms with Gasteiger partial charge in [-0.15, -0.1) is 11.3 Å². The Morgan fingerprint density at radius 3 is 2.60 bits per heavy atom. The number of hydrogen-bond donors (Lipinski definition) is 1. The highest BCUT2D eigenvalue weighted by Gasteiger charge is 2.05. The van der Waals surface area contributed by atoms with Gasteiger partial charge in [0.1, 0.15) is 17.4 Å². The van der Waals surface area contributed by atoms with Crippen molar-refractivity contribution in [2.45, 2.75) is 6.61 Å². The van der Waals surface area contributed by atoms with Crippen LogP contribution in [0.2, 0.25) is 0 Å². The smallest absolute Gasteiger partial charge is 0.335 e. The van der Waals surface area contributed by atoms with Crippen LogP contribution in [0.4, 0.5) is 0 Å². The maximum atomic E-state index is 10.7. The van der Waals surface area contributed by atoms with E-state index in [2.05, 4.69) is 4.98 Å². The molecule has 3 rings (SSSR count). The maximum Gasteiger partial charge on any atom is 0.335 e. The number of carboxylic acids is 1. The zero-order valence-electron chi connectivity index (χ0n) is 10.4. The van der Waals surface area contributed by atoms with Crippen LogP contribution >= 0.6 is 11.3 Å². The molecule has 0 amide bonds. The van der Waals surface area contributed by atoms with E-state index in [9.17, 15) is 4.79 Å². The van der Waals surface area contributed by atoms with Gasteiger partial charge >= 0.3 is 5.97 Å². The van der Waals surface area contributed by atoms with E-state index in [1.807, 2.05) is 24.3 Å². The average Bonchev–Trinajstić information content (AvgIpc) is 2.88. The van der Waals surface area contributed by atoms with Gasteiger partial charge in [0.25, 0.3) is 0 Å². The minimum Gasteiger partial charge on any atom is -0.486 e. The van der Waals surface area contributed by atoms with Gasteiger partial charge in [-0.1, -0.05) is 12.1 Å². The van der Waals surface area contributed by atoms with Gasteiger partial charge in [0, 0.05) is 0 Å². The molecule has 0 spiro atoms. The van der Waals surface area contributed by atoms with Gasteiger partial charge in [-0.25, -0.2) is 9.78 Å². The molecular formula is C15H11NO3S. The molecule has 2 aromatic carbocycles. The molecule has 100 valence electrons. The molecule has 0 aliphatic carbocycles. The second-order valence-corrected chi connectivity index (χ2v) is 5.31. The summed E-state index contributed by atoms with van der Waals surface area (Å²) < 4.78 is 6.74. The lowest BCUT2D eigenvalue weighted by molar-refractivity contribution is 0.0697. The van der Waals surface area contributed by atoms with Crippen LogP contribution in [0, 0.1) is 0 Å². The Kier molecular flexibility index (Phi) is 3.35. The van der Waals surface area contributed by atoms with Crippen molar-refractivity contribution in [2.75, 3.05) is 0 Å². The summed E-state index contributed by atoms with van der Waals surface area (Å²) in [6.45, 7) is 0.381. The Morgan fingerprint density at radius 1 is 1.15 bits per heavy atom. The Bertz CT molecular complexity index is 716. The molecule has 0 radical (unpaired) electrons. The highest BCUT2D eigenvalue weighted by molar-refractivity contribution is 7.18. The SMILES string of the molecule is O=C(O)c1ccc(OCc2nc3ccccc3s2)cc1. The zero-order valence-corrected chi connectivity index (χ0v) is 11.3. The van der Waals surface area contributed by atoms with Crippen LogP contribution in [-0.2, 0) is 6.61 Å². The lowest BCUT2D eigenvalue weighted by atomic mass is 10.2. The van der Waals surface area contributed by atoms with E-state index in [1.54, 1.807) is 23.5 Å². The minimum absolute atomic E-state index is 0.248. The Balaban J connectivity index is 1.71. The van der Waals surface area contributed by atoms with E-state index in [4.69, 9.17) is 9.84 Å². The predicted octanol–water partition coefficient (Wildman–Crippen LogP) is 3.57. The summed E-state index contributed by atoms with van der Waals surface area (Å²) in [5.41, 5.74) is 1.22. The van der Waals surface area contributed by atoms with Crippen molar-refractivity contribution in [2.24, 2.45) is 0 Å². The van der Waals surface area contributed by atoms with Crippen LogP contribution in [0.3, 0.4) is 0 Å². The number of ether oxygens (including phenoxy) is 1. The predicted molar refractivity (Wildman–Crippen MR) is 77.4 cm³/mol. The van der Waals surface area contributed by atoms with E-state index >= 15 is 0 Å². The average molecular weight is 285 g/mol. The van der Waals surface area contributed by atoms with Crippen LogP contribution in [-0.4, -0.2) is 16.1 Å². The van der Waals surface area contributed by atoms with Crippen LogP contribution in [0.5, 0.6) is 5.75 Å². The fourth-order valence-corrected chi connectivity index (χ4v) is 2.70. The summed E-state index contributed by atoms with van der Waals surface area (Å²) in [5.74, 6) is -0.308. The molecule has 0 saturated heterocycles. The molecule has 1 heterocycles. The van der Waals surface area contributed by atoms with Gasteiger partial charge in [-0.2, -0.15) is 0 Å². The van der Waals surface area contributed by atoms with Gasteiger partial charge < -0.3 is 9.84 Å². The maximum absolute atomic E-state index is 10.7. The molecule has 0 fully saturated rings. The van der Waals surface area contributed by atoms with Crippen molar-refractivity contribution < 1.29 is 14.6 Å². The molecule has 0 saturated carbocycles. The Labute approximate surface area is 119 Å². The largest absolute Gasteiger partial charge is 0.486 e. The third-order valence-corrected chi connectivity index (χ3v) is 3.81. The topological polar surface area (TPSA) is 59.4 Å². The standard InChI is InChI=1S/C15H11NO3S/c17-15(18)10-5-7-11(8-6-10)19-9-14-16-12-3-1-2-4-13(12)20-14/h1-8H,9H2,(H,17,18). The van der Waals surface area contributed by atoms with Gasteiger partial charge in [0.2, 0.25) is 0 Å². The minimum atomic E-state index is -0.942. The third kappa shape index (κ3) is 2.62. The molecule has 4 nitrogen and oxygen atoms in total. The lowest BCUT2D eigenvalue weighted by Gasteiger charge is -2.03. The van der Waals surface area contributed by atoms with Gasteiger partial charge in [-0.05, 0) is 36.4 Å². The molecule has 0 aliphatic heterocycles. The molecular weight excluding hydrogens is 274 g/mol. The van der Waals surface area contributed by atoms with E-state index in [1.165, 1.54) is 12.1 Å². The number of fused-ring (bicyclic) bond motifs is 1. The molecule has 1 aromatic heterocycles. The number of aromatic nitrogens is 1. The first-order valence-electron chi connectivity index (χ1n) is 6.03. The number of carboxylic acid groups (broad SMARTS) is 1. The van der Waals surface area contributed by atoms with Crippen LogP contribution in [0.15, 0.2) is 48.5 Å². The van der Waals surface area contributed by atoms with Crippen molar-refractivity contribution in [3.05, 3.63) is 59.1 Å². The van der Waals surface area contributed by atoms with Crippen LogP contribution in [0.1, 0.15) is 15.4 Å². The van der Waals surface area contributed by atoms with Gasteiger partial charge in [0.15, 0.2) is 0 Å². The van der Waals surface area contributed by atoms with E-state index in [0.717, 1.165) is 15.2 Å². The van der Waals surface area contributed by atoms with E-state index in [0.29, 0.717) is 12.4 Å². The first-order valence-corrected chi connectivity index (χ1v) is 6.84. The summed E-state index contributed by atoms with van der Waals surface area (Å²) in [7, 11) is 0. The van der Waals surface area contributed by atoms with E-state index in [-0.39, 0.29) is 5.56 Å². The second-order valence-electron chi connectivity index (χ2n) is 4.19. The summed E-state index contributed by atoms with van der Waals surface area (Å²) in [6.07, 6.45) is 0. The number of thiazole rings is 1. The number of nitrogens with zero attached hydrogens (tertiary/aromatic N) is 1. The molecule has 0 bridgehead atoms. The highest BCUT2D eigenvalue weighted by Crippen LogP contribution is 2.23. The van der Waals surface area contributed by atoms with Crippen LogP contribution in [0.25, 0.3) is 10.2 Å². The summed E-state index contributed by atoms with van der Waals surface area (Å²) in [6, 6.07) is 14.3. The molecule has 0 aliphatic rings. The number of carbonyl (C=O) groups is 1. The fourth-order valence-electron chi connectivity index (χ4n) is 1.82. The zero-order chi connectivity index (χ0) is 13.9. The number of para-hydroxylation sites is 1. The Hall–Kier alpha value is -2.40. The number of aromatic carboxylic acids is 1. The molecule has 3 aromatic rings. The third-order valence-electron chi connectivity index (χ3n) is 2.80. The normalized spacial score (nSPS) is 10.6. The molecule has 0 unspecified atom stereocenters. The monoisotopic (exact) mass is 285 g/mol. The van der Waals surface area contributed by atoms with Crippen molar-refractivity contribution in [1.82, 2.24) is 4.98 Å². The summed E-state index contributed by atoms with van der Waals surface area (Å²) >= 11 is 1.59. The lowest BCUT2D eigenvalue weighted by Crippen LogP contribution is -1.97. The fraction of sp³-hybridized carbons (Fsp3) is 0.0667. The van der Waals surface area contributed by atoms with E-state index < -0.39 is 5.97 Å². The molecule has 0 atom stereocenters. The quantitative estimate of drug-likeness (QED) is 0.796. The van der Waals surface area contributed by atoms with Gasteiger partial charge in [-0.3, -0.25) is 0 Å². The molecule has 1 N–H and O–H groups in total. The first kappa shape index (κ1) is 12.6. The van der Waals surface area contributed by atoms with Gasteiger partial charge in [0.05, 0.1) is 15.8 Å². The van der Waals surface area contributed by atoms with Crippen molar-refractivity contribution in [3.8, 4) is 5.75 Å². The van der Waals surface area contributed by atoms with Crippen molar-refractivity contribution >= 4 is 27.5 Å². The summed E-state index contributed by atoms with van der Waals surface area (Å²) in [5, 5.41) is 9.71. The second kappa shape index (κ2) is 5.30.